The Morgan fingerprint density at radius 1 is 0.632 bits per heavy atom. The minimum absolute atomic E-state index is 0.304. The summed E-state index contributed by atoms with van der Waals surface area (Å²) >= 11 is 0. The molecule has 0 heterocycles. The van der Waals surface area contributed by atoms with Gasteiger partial charge < -0.3 is 4.90 Å². The Morgan fingerprint density at radius 2 is 1.21 bits per heavy atom. The molecule has 0 spiro atoms. The number of benzene rings is 4. The van der Waals surface area contributed by atoms with Crippen LogP contribution in [0.4, 0.5) is 17.1 Å². The van der Waals surface area contributed by atoms with Crippen molar-refractivity contribution in [2.45, 2.75) is 32.6 Å². The molecule has 0 aliphatic heterocycles. The number of hydrogen-bond donors (Lipinski definition) is 0. The number of aryl methyl sites for hydroxylation is 3. The molecule has 0 saturated carbocycles. The van der Waals surface area contributed by atoms with E-state index in [1.54, 1.807) is 6.08 Å². The summed E-state index contributed by atoms with van der Waals surface area (Å²) in [7, 11) is 0. The largest absolute Gasteiger partial charge is 0.310 e. The number of hydrogen-bond acceptors (Lipinski definition) is 4. The molecule has 0 saturated heterocycles. The average Bonchev–Trinajstić information content (AvgIpc) is 2.97. The van der Waals surface area contributed by atoms with Crippen molar-refractivity contribution in [3.8, 4) is 18.2 Å². The monoisotopic (exact) mass is 490 g/mol. The summed E-state index contributed by atoms with van der Waals surface area (Å²) in [4.78, 5) is 2.28. The van der Waals surface area contributed by atoms with E-state index in [9.17, 15) is 15.8 Å². The van der Waals surface area contributed by atoms with Crippen molar-refractivity contribution in [1.29, 1.82) is 15.8 Å². The van der Waals surface area contributed by atoms with Gasteiger partial charge in [0.2, 0.25) is 0 Å². The van der Waals surface area contributed by atoms with Crippen LogP contribution in [0.2, 0.25) is 0 Å². The second kappa shape index (κ2) is 10.9. The van der Waals surface area contributed by atoms with Crippen LogP contribution in [0.15, 0.2) is 78.9 Å². The highest BCUT2D eigenvalue weighted by Gasteiger charge is 2.16. The fourth-order valence-electron chi connectivity index (χ4n) is 5.00. The molecule has 5 rings (SSSR count). The molecule has 0 aromatic heterocycles. The highest BCUT2D eigenvalue weighted by Crippen LogP contribution is 2.37. The molecular weight excluding hydrogens is 464 g/mol. The molecule has 4 heteroatoms. The van der Waals surface area contributed by atoms with Gasteiger partial charge in [0, 0.05) is 22.6 Å². The molecule has 0 N–H and O–H groups in total. The van der Waals surface area contributed by atoms with Gasteiger partial charge in [0.05, 0.1) is 34.9 Å². The summed E-state index contributed by atoms with van der Waals surface area (Å²) in [6, 6.07) is 32.9. The number of rotatable bonds is 5. The molecule has 4 aromatic carbocycles. The first-order valence-electron chi connectivity index (χ1n) is 12.7. The van der Waals surface area contributed by atoms with Crippen LogP contribution < -0.4 is 4.90 Å². The Labute approximate surface area is 223 Å². The summed E-state index contributed by atoms with van der Waals surface area (Å²) < 4.78 is 0. The van der Waals surface area contributed by atoms with Crippen molar-refractivity contribution in [2.75, 3.05) is 4.90 Å². The van der Waals surface area contributed by atoms with E-state index in [1.807, 2.05) is 24.3 Å². The first-order chi connectivity index (χ1) is 18.6. The van der Waals surface area contributed by atoms with E-state index in [2.05, 4.69) is 78.6 Å². The summed E-state index contributed by atoms with van der Waals surface area (Å²) in [6.45, 7) is 2.09. The Kier molecular flexibility index (Phi) is 7.04. The van der Waals surface area contributed by atoms with Crippen molar-refractivity contribution < 1.29 is 0 Å². The Morgan fingerprint density at radius 3 is 1.82 bits per heavy atom. The predicted molar refractivity (Wildman–Crippen MR) is 152 cm³/mol. The topological polar surface area (TPSA) is 74.6 Å². The van der Waals surface area contributed by atoms with Gasteiger partial charge in [-0.05, 0) is 97.8 Å². The maximum atomic E-state index is 9.55. The van der Waals surface area contributed by atoms with Crippen LogP contribution in [0.25, 0.3) is 12.2 Å². The van der Waals surface area contributed by atoms with Gasteiger partial charge in [-0.15, -0.1) is 0 Å². The zero-order valence-electron chi connectivity index (χ0n) is 21.3. The minimum Gasteiger partial charge on any atom is -0.310 e. The van der Waals surface area contributed by atoms with Gasteiger partial charge in [0.1, 0.15) is 0 Å². The molecule has 0 radical (unpaired) electrons. The van der Waals surface area contributed by atoms with Crippen LogP contribution in [0.5, 0.6) is 0 Å². The average molecular weight is 491 g/mol. The number of nitrogens with zero attached hydrogens (tertiary/aromatic N) is 4. The number of fused-ring (bicyclic) bond motifs is 1. The fourth-order valence-corrected chi connectivity index (χ4v) is 5.00. The van der Waals surface area contributed by atoms with Crippen molar-refractivity contribution in [2.24, 2.45) is 0 Å². The predicted octanol–water partition coefficient (Wildman–Crippen LogP) is 8.13. The molecule has 0 atom stereocenters. The van der Waals surface area contributed by atoms with Crippen molar-refractivity contribution in [3.05, 3.63) is 123 Å². The van der Waals surface area contributed by atoms with Gasteiger partial charge in [-0.25, -0.2) is 0 Å². The Hall–Kier alpha value is -5.11. The first kappa shape index (κ1) is 24.6. The standard InChI is InChI=1S/C34H26N4/c1-24-6-12-31(13-7-24)38(33-16-11-27-4-2-3-5-28(27)20-33)32-14-8-25(9-15-32)10-17-34-29(22-36)18-26(21-35)19-30(34)23-37/h6-20H,2-5H2,1H3. The van der Waals surface area contributed by atoms with Crippen LogP contribution in [0, 0.1) is 40.9 Å². The summed E-state index contributed by atoms with van der Waals surface area (Å²) in [5.74, 6) is 0. The maximum absolute atomic E-state index is 9.55. The van der Waals surface area contributed by atoms with E-state index in [4.69, 9.17) is 0 Å². The van der Waals surface area contributed by atoms with E-state index in [-0.39, 0.29) is 0 Å². The van der Waals surface area contributed by atoms with Gasteiger partial charge in [-0.1, -0.05) is 48.0 Å². The summed E-state index contributed by atoms with van der Waals surface area (Å²) in [6.07, 6.45) is 8.44. The normalized spacial score (nSPS) is 12.3. The maximum Gasteiger partial charge on any atom is 0.0998 e. The van der Waals surface area contributed by atoms with Gasteiger partial charge >= 0.3 is 0 Å². The van der Waals surface area contributed by atoms with E-state index in [1.165, 1.54) is 41.7 Å². The number of anilines is 3. The van der Waals surface area contributed by atoms with Crippen LogP contribution in [0.3, 0.4) is 0 Å². The van der Waals surface area contributed by atoms with Gasteiger partial charge in [0.15, 0.2) is 0 Å². The third kappa shape index (κ3) is 5.05. The van der Waals surface area contributed by atoms with Crippen LogP contribution in [-0.4, -0.2) is 0 Å². The van der Waals surface area contributed by atoms with Crippen molar-refractivity contribution in [1.82, 2.24) is 0 Å². The van der Waals surface area contributed by atoms with Crippen LogP contribution in [-0.2, 0) is 12.8 Å². The second-order valence-electron chi connectivity index (χ2n) is 9.58. The lowest BCUT2D eigenvalue weighted by Crippen LogP contribution is -2.12. The van der Waals surface area contributed by atoms with E-state index in [0.29, 0.717) is 22.3 Å². The van der Waals surface area contributed by atoms with E-state index in [0.717, 1.165) is 35.5 Å². The SMILES string of the molecule is Cc1ccc(N(c2ccc(C=Cc3c(C#N)cc(C#N)cc3C#N)cc2)c2ccc3c(c2)CCCC3)cc1. The Bertz CT molecular complexity index is 1600. The van der Waals surface area contributed by atoms with Gasteiger partial charge in [-0.2, -0.15) is 15.8 Å². The molecule has 1 aliphatic rings. The van der Waals surface area contributed by atoms with E-state index >= 15 is 0 Å². The molecule has 0 unspecified atom stereocenters. The fraction of sp³-hybridized carbons (Fsp3) is 0.147. The lowest BCUT2D eigenvalue weighted by molar-refractivity contribution is 0.685. The van der Waals surface area contributed by atoms with Gasteiger partial charge in [0.25, 0.3) is 0 Å². The quantitative estimate of drug-likeness (QED) is 0.265. The first-order valence-corrected chi connectivity index (χ1v) is 12.7. The van der Waals surface area contributed by atoms with Crippen molar-refractivity contribution in [3.63, 3.8) is 0 Å². The molecular formula is C34H26N4. The van der Waals surface area contributed by atoms with Gasteiger partial charge in [-0.3, -0.25) is 0 Å². The third-order valence-electron chi connectivity index (χ3n) is 7.03. The van der Waals surface area contributed by atoms with Crippen LogP contribution >= 0.6 is 0 Å². The summed E-state index contributed by atoms with van der Waals surface area (Å²) in [5, 5.41) is 28.3. The molecule has 38 heavy (non-hydrogen) atoms. The molecule has 4 nitrogen and oxygen atoms in total. The minimum atomic E-state index is 0.304. The smallest absolute Gasteiger partial charge is 0.0998 e. The summed E-state index contributed by atoms with van der Waals surface area (Å²) in [5.41, 5.74) is 9.81. The molecule has 1 aliphatic carbocycles. The van der Waals surface area contributed by atoms with E-state index < -0.39 is 0 Å². The number of nitriles is 3. The zero-order valence-corrected chi connectivity index (χ0v) is 21.3. The lowest BCUT2D eigenvalue weighted by atomic mass is 9.91. The van der Waals surface area contributed by atoms with Crippen LogP contribution in [0.1, 0.15) is 57.3 Å². The molecule has 0 fully saturated rings. The zero-order chi connectivity index (χ0) is 26.5. The van der Waals surface area contributed by atoms with Crippen molar-refractivity contribution >= 4 is 29.2 Å². The Balaban J connectivity index is 1.50. The second-order valence-corrected chi connectivity index (χ2v) is 9.58. The lowest BCUT2D eigenvalue weighted by Gasteiger charge is -2.27. The third-order valence-corrected chi connectivity index (χ3v) is 7.03. The molecule has 0 amide bonds. The highest BCUT2D eigenvalue weighted by molar-refractivity contribution is 5.80. The highest BCUT2D eigenvalue weighted by atomic mass is 15.1. The molecule has 4 aromatic rings. The molecule has 0 bridgehead atoms. The molecule has 182 valence electrons.